The molecule has 0 bridgehead atoms. The summed E-state index contributed by atoms with van der Waals surface area (Å²) < 4.78 is 16.2. The zero-order valence-electron chi connectivity index (χ0n) is 24.2. The van der Waals surface area contributed by atoms with Crippen molar-refractivity contribution in [3.05, 3.63) is 83.9 Å². The van der Waals surface area contributed by atoms with Crippen molar-refractivity contribution in [1.29, 1.82) is 0 Å². The zero-order valence-corrected chi connectivity index (χ0v) is 24.2. The molecule has 1 aliphatic carbocycles. The van der Waals surface area contributed by atoms with Crippen LogP contribution < -0.4 is 16.0 Å². The van der Waals surface area contributed by atoms with Crippen LogP contribution in [0.3, 0.4) is 0 Å². The summed E-state index contributed by atoms with van der Waals surface area (Å²) in [7, 11) is 1.43. The second kappa shape index (κ2) is 14.2. The van der Waals surface area contributed by atoms with Gasteiger partial charge in [-0.1, -0.05) is 54.6 Å². The maximum Gasteiger partial charge on any atom is 0.412 e. The summed E-state index contributed by atoms with van der Waals surface area (Å²) in [5.74, 6) is 0. The Morgan fingerprint density at radius 2 is 1.64 bits per heavy atom. The fourth-order valence-corrected chi connectivity index (χ4v) is 5.68. The lowest BCUT2D eigenvalue weighted by Crippen LogP contribution is -2.43. The maximum absolute atomic E-state index is 12.9. The normalized spacial score (nSPS) is 18.7. The first-order valence-electron chi connectivity index (χ1n) is 14.6. The van der Waals surface area contributed by atoms with Gasteiger partial charge in [0.15, 0.2) is 0 Å². The fraction of sp³-hybridized carbons (Fsp3) is 0.394. The van der Waals surface area contributed by atoms with E-state index in [4.69, 9.17) is 19.9 Å². The van der Waals surface area contributed by atoms with E-state index in [9.17, 15) is 9.59 Å². The second-order valence-electron chi connectivity index (χ2n) is 10.9. The molecule has 0 radical (unpaired) electrons. The molecule has 42 heavy (non-hydrogen) atoms. The third kappa shape index (κ3) is 7.60. The van der Waals surface area contributed by atoms with E-state index in [0.29, 0.717) is 25.4 Å². The SMILES string of the molecule is COC(=O)N(Cc1cccc(-c2ccc(N3CCOCC3)c(NC(=O)OCc3ccccc3)c2)c1)C1CCC(N)CC1. The van der Waals surface area contributed by atoms with Gasteiger partial charge in [-0.25, -0.2) is 9.59 Å². The van der Waals surface area contributed by atoms with E-state index >= 15 is 0 Å². The summed E-state index contributed by atoms with van der Waals surface area (Å²) in [6.45, 7) is 3.36. The molecular weight excluding hydrogens is 532 g/mol. The molecule has 3 aromatic carbocycles. The van der Waals surface area contributed by atoms with Gasteiger partial charge in [0, 0.05) is 31.7 Å². The number of nitrogens with one attached hydrogen (secondary N) is 1. The first-order valence-corrected chi connectivity index (χ1v) is 14.6. The van der Waals surface area contributed by atoms with Gasteiger partial charge in [-0.15, -0.1) is 0 Å². The van der Waals surface area contributed by atoms with E-state index in [2.05, 4.69) is 22.3 Å². The molecule has 0 unspecified atom stereocenters. The molecule has 0 atom stereocenters. The topological polar surface area (TPSA) is 106 Å². The fourth-order valence-electron chi connectivity index (χ4n) is 5.68. The van der Waals surface area contributed by atoms with Crippen LogP contribution in [-0.2, 0) is 27.4 Å². The molecule has 2 fully saturated rings. The van der Waals surface area contributed by atoms with Crippen LogP contribution in [0.2, 0.25) is 0 Å². The lowest BCUT2D eigenvalue weighted by molar-refractivity contribution is 0.0879. The molecule has 1 aliphatic heterocycles. The van der Waals surface area contributed by atoms with Gasteiger partial charge in [0.25, 0.3) is 0 Å². The van der Waals surface area contributed by atoms with Crippen molar-refractivity contribution in [2.75, 3.05) is 43.6 Å². The van der Waals surface area contributed by atoms with Gasteiger partial charge < -0.3 is 29.7 Å². The van der Waals surface area contributed by atoms with Gasteiger partial charge >= 0.3 is 12.2 Å². The summed E-state index contributed by atoms with van der Waals surface area (Å²) in [5.41, 5.74) is 11.6. The Hall–Kier alpha value is -4.08. The van der Waals surface area contributed by atoms with Gasteiger partial charge in [0.1, 0.15) is 6.61 Å². The average molecular weight is 573 g/mol. The number of hydrogen-bond donors (Lipinski definition) is 2. The zero-order chi connectivity index (χ0) is 29.3. The van der Waals surface area contributed by atoms with Crippen molar-refractivity contribution in [2.24, 2.45) is 5.73 Å². The summed E-state index contributed by atoms with van der Waals surface area (Å²) >= 11 is 0. The molecular formula is C33H40N4O5. The Bertz CT molecular complexity index is 1340. The minimum atomic E-state index is -0.514. The Kier molecular flexibility index (Phi) is 9.94. The number of rotatable bonds is 8. The Labute approximate surface area is 247 Å². The Morgan fingerprint density at radius 1 is 0.929 bits per heavy atom. The lowest BCUT2D eigenvalue weighted by atomic mass is 9.90. The van der Waals surface area contributed by atoms with E-state index in [0.717, 1.165) is 66.7 Å². The highest BCUT2D eigenvalue weighted by atomic mass is 16.5. The summed E-state index contributed by atoms with van der Waals surface area (Å²) in [4.78, 5) is 29.6. The number of methoxy groups -OCH3 is 1. The molecule has 2 amide bonds. The Balaban J connectivity index is 1.36. The van der Waals surface area contributed by atoms with Gasteiger partial charge in [-0.2, -0.15) is 0 Å². The molecule has 1 heterocycles. The van der Waals surface area contributed by atoms with Crippen LogP contribution in [0.1, 0.15) is 36.8 Å². The number of amides is 2. The number of morpholine rings is 1. The highest BCUT2D eigenvalue weighted by Gasteiger charge is 2.28. The van der Waals surface area contributed by atoms with Gasteiger partial charge in [0.2, 0.25) is 0 Å². The molecule has 1 saturated carbocycles. The molecule has 5 rings (SSSR count). The van der Waals surface area contributed by atoms with Crippen LogP contribution in [0, 0.1) is 0 Å². The summed E-state index contributed by atoms with van der Waals surface area (Å²) in [5, 5.41) is 2.98. The quantitative estimate of drug-likeness (QED) is 0.353. The summed E-state index contributed by atoms with van der Waals surface area (Å²) in [6.07, 6.45) is 2.70. The molecule has 9 nitrogen and oxygen atoms in total. The highest BCUT2D eigenvalue weighted by molar-refractivity contribution is 5.91. The third-order valence-electron chi connectivity index (χ3n) is 8.00. The third-order valence-corrected chi connectivity index (χ3v) is 8.00. The number of nitrogens with zero attached hydrogens (tertiary/aromatic N) is 2. The first kappa shape index (κ1) is 29.4. The van der Waals surface area contributed by atoms with Crippen LogP contribution in [0.5, 0.6) is 0 Å². The standard InChI is InChI=1S/C33H40N4O5/c1-40-33(39)37(29-13-11-28(34)12-14-29)22-25-8-5-9-26(20-25)27-10-15-31(36-16-18-41-19-17-36)30(21-27)35-32(38)42-23-24-6-3-2-4-7-24/h2-10,15,20-21,28-29H,11-14,16-19,22-23,34H2,1H3,(H,35,38). The second-order valence-corrected chi connectivity index (χ2v) is 10.9. The smallest absolute Gasteiger partial charge is 0.412 e. The average Bonchev–Trinajstić information content (AvgIpc) is 3.04. The van der Waals surface area contributed by atoms with Crippen LogP contribution in [-0.4, -0.2) is 62.6 Å². The predicted molar refractivity (Wildman–Crippen MR) is 163 cm³/mol. The van der Waals surface area contributed by atoms with E-state index < -0.39 is 6.09 Å². The van der Waals surface area contributed by atoms with Crippen molar-refractivity contribution in [3.8, 4) is 11.1 Å². The van der Waals surface area contributed by atoms with Gasteiger partial charge in [-0.3, -0.25) is 5.32 Å². The van der Waals surface area contributed by atoms with Crippen molar-refractivity contribution >= 4 is 23.6 Å². The molecule has 0 spiro atoms. The molecule has 3 N–H and O–H groups in total. The minimum absolute atomic E-state index is 0.103. The lowest BCUT2D eigenvalue weighted by Gasteiger charge is -2.35. The number of benzene rings is 3. The van der Waals surface area contributed by atoms with E-state index in [1.165, 1.54) is 7.11 Å². The first-order chi connectivity index (χ1) is 20.5. The van der Waals surface area contributed by atoms with Crippen LogP contribution in [0.4, 0.5) is 21.0 Å². The van der Waals surface area contributed by atoms with Crippen LogP contribution in [0.15, 0.2) is 72.8 Å². The number of anilines is 2. The van der Waals surface area contributed by atoms with E-state index in [-0.39, 0.29) is 24.8 Å². The number of nitrogens with two attached hydrogens (primary N) is 1. The molecule has 0 aromatic heterocycles. The predicted octanol–water partition coefficient (Wildman–Crippen LogP) is 5.78. The number of ether oxygens (including phenoxy) is 3. The largest absolute Gasteiger partial charge is 0.453 e. The van der Waals surface area contributed by atoms with Crippen molar-refractivity contribution < 1.29 is 23.8 Å². The van der Waals surface area contributed by atoms with Gasteiger partial charge in [0.05, 0.1) is 31.7 Å². The number of carbonyl (C=O) groups is 2. The monoisotopic (exact) mass is 572 g/mol. The maximum atomic E-state index is 12.9. The summed E-state index contributed by atoms with van der Waals surface area (Å²) in [6, 6.07) is 24.1. The molecule has 3 aromatic rings. The molecule has 222 valence electrons. The molecule has 1 saturated heterocycles. The van der Waals surface area contributed by atoms with Crippen molar-refractivity contribution in [1.82, 2.24) is 4.90 Å². The minimum Gasteiger partial charge on any atom is -0.453 e. The number of hydrogen-bond acceptors (Lipinski definition) is 7. The van der Waals surface area contributed by atoms with E-state index in [1.54, 1.807) is 0 Å². The van der Waals surface area contributed by atoms with E-state index in [1.807, 2.05) is 65.6 Å². The number of carbonyl (C=O) groups excluding carboxylic acids is 2. The Morgan fingerprint density at radius 3 is 2.38 bits per heavy atom. The molecule has 2 aliphatic rings. The van der Waals surface area contributed by atoms with Crippen molar-refractivity contribution in [2.45, 2.75) is 50.9 Å². The van der Waals surface area contributed by atoms with Gasteiger partial charge in [-0.05, 0) is 66.1 Å². The van der Waals surface area contributed by atoms with Crippen LogP contribution >= 0.6 is 0 Å². The highest BCUT2D eigenvalue weighted by Crippen LogP contribution is 2.33. The molecule has 9 heteroatoms. The van der Waals surface area contributed by atoms with Crippen LogP contribution in [0.25, 0.3) is 11.1 Å². The van der Waals surface area contributed by atoms with Crippen molar-refractivity contribution in [3.63, 3.8) is 0 Å².